The molecule has 0 aliphatic rings. The Morgan fingerprint density at radius 3 is 2.10 bits per heavy atom. The summed E-state index contributed by atoms with van der Waals surface area (Å²) in [5, 5.41) is 21.6. The van der Waals surface area contributed by atoms with Gasteiger partial charge in [0.1, 0.15) is 0 Å². The van der Waals surface area contributed by atoms with Crippen LogP contribution in [0.2, 0.25) is 0 Å². The molecule has 0 atom stereocenters. The normalized spacial score (nSPS) is 10.8. The van der Waals surface area contributed by atoms with Crippen molar-refractivity contribution in [1.82, 2.24) is 9.97 Å². The van der Waals surface area contributed by atoms with Crippen molar-refractivity contribution in [3.8, 4) is 11.5 Å². The number of carbonyl (C=O) groups excluding carboxylic acids is 1. The summed E-state index contributed by atoms with van der Waals surface area (Å²) in [6, 6.07) is 7.87. The fourth-order valence-electron chi connectivity index (χ4n) is 1.98. The van der Waals surface area contributed by atoms with Gasteiger partial charge in [-0.2, -0.15) is 0 Å². The van der Waals surface area contributed by atoms with Crippen molar-refractivity contribution in [2.24, 2.45) is 0 Å². The van der Waals surface area contributed by atoms with Crippen LogP contribution in [0.15, 0.2) is 30.3 Å². The number of phenols is 2. The minimum atomic E-state index is -0.246. The van der Waals surface area contributed by atoms with Gasteiger partial charge in [-0.25, -0.2) is 9.97 Å². The van der Waals surface area contributed by atoms with E-state index >= 15 is 0 Å². The summed E-state index contributed by atoms with van der Waals surface area (Å²) in [6.45, 7) is 1.43. The Morgan fingerprint density at radius 2 is 1.50 bits per heavy atom. The van der Waals surface area contributed by atoms with Gasteiger partial charge in [0.05, 0.1) is 22.1 Å². The summed E-state index contributed by atoms with van der Waals surface area (Å²) >= 11 is 0. The molecule has 6 heteroatoms. The molecular formula is C14H11N3O3. The Hall–Kier alpha value is -2.89. The average Bonchev–Trinajstić information content (AvgIpc) is 2.37. The highest BCUT2D eigenvalue weighted by molar-refractivity contribution is 5.93. The molecule has 1 heterocycles. The molecule has 100 valence electrons. The molecule has 0 unspecified atom stereocenters. The molecule has 0 saturated heterocycles. The third-order valence-corrected chi connectivity index (χ3v) is 2.85. The van der Waals surface area contributed by atoms with E-state index in [2.05, 4.69) is 15.3 Å². The van der Waals surface area contributed by atoms with Crippen LogP contribution in [0.5, 0.6) is 11.5 Å². The number of phenolic OH excluding ortho intramolecular Hbond substituents is 2. The number of nitrogens with zero attached hydrogens (tertiary/aromatic N) is 2. The third kappa shape index (κ3) is 2.07. The number of aromatic hydroxyl groups is 2. The topological polar surface area (TPSA) is 95.3 Å². The first kappa shape index (κ1) is 12.2. The molecule has 0 saturated carbocycles. The van der Waals surface area contributed by atoms with Gasteiger partial charge in [0.25, 0.3) is 0 Å². The Morgan fingerprint density at radius 1 is 0.950 bits per heavy atom. The third-order valence-electron chi connectivity index (χ3n) is 2.85. The molecule has 1 amide bonds. The molecule has 3 aromatic rings. The van der Waals surface area contributed by atoms with E-state index in [1.165, 1.54) is 19.1 Å². The molecule has 3 N–H and O–H groups in total. The minimum absolute atomic E-state index is 0.166. The van der Waals surface area contributed by atoms with E-state index in [0.717, 1.165) is 0 Å². The van der Waals surface area contributed by atoms with Crippen LogP contribution in [0.1, 0.15) is 6.92 Å². The van der Waals surface area contributed by atoms with Gasteiger partial charge in [-0.15, -0.1) is 0 Å². The van der Waals surface area contributed by atoms with Crippen molar-refractivity contribution in [1.29, 1.82) is 0 Å². The van der Waals surface area contributed by atoms with Gasteiger partial charge in [0.15, 0.2) is 11.5 Å². The number of fused-ring (bicyclic) bond motifs is 2. The summed E-state index contributed by atoms with van der Waals surface area (Å²) in [6.07, 6.45) is 0. The van der Waals surface area contributed by atoms with Crippen LogP contribution in [0, 0.1) is 0 Å². The molecule has 0 aliphatic heterocycles. The van der Waals surface area contributed by atoms with E-state index in [4.69, 9.17) is 0 Å². The summed E-state index contributed by atoms with van der Waals surface area (Å²) in [5.74, 6) is -0.647. The highest BCUT2D eigenvalue weighted by Gasteiger charge is 2.07. The SMILES string of the molecule is CC(=O)Nc1ccc2nc3cc(O)c(O)cc3nc2c1. The standard InChI is InChI=1S/C14H11N3O3/c1-7(18)15-8-2-3-9-10(4-8)17-12-6-14(20)13(19)5-11(12)16-9/h2-6,19-20H,1H3,(H,15,18). The second-order valence-corrected chi connectivity index (χ2v) is 4.44. The first-order chi connectivity index (χ1) is 9.52. The summed E-state index contributed by atoms with van der Waals surface area (Å²) in [7, 11) is 0. The summed E-state index contributed by atoms with van der Waals surface area (Å²) in [5.41, 5.74) is 2.81. The van der Waals surface area contributed by atoms with Crippen LogP contribution < -0.4 is 5.32 Å². The van der Waals surface area contributed by atoms with Crippen molar-refractivity contribution >= 4 is 33.7 Å². The summed E-state index contributed by atoms with van der Waals surface area (Å²) in [4.78, 5) is 19.8. The molecule has 0 fully saturated rings. The fourth-order valence-corrected chi connectivity index (χ4v) is 1.98. The lowest BCUT2D eigenvalue weighted by Gasteiger charge is -2.05. The van der Waals surface area contributed by atoms with Gasteiger partial charge in [-0.05, 0) is 18.2 Å². The minimum Gasteiger partial charge on any atom is -0.504 e. The van der Waals surface area contributed by atoms with Gasteiger partial charge in [0, 0.05) is 24.7 Å². The average molecular weight is 269 g/mol. The maximum Gasteiger partial charge on any atom is 0.221 e. The number of amides is 1. The maximum absolute atomic E-state index is 11.0. The Bertz CT molecular complexity index is 846. The van der Waals surface area contributed by atoms with Crippen molar-refractivity contribution < 1.29 is 15.0 Å². The lowest BCUT2D eigenvalue weighted by Crippen LogP contribution is -2.05. The zero-order valence-corrected chi connectivity index (χ0v) is 10.6. The lowest BCUT2D eigenvalue weighted by atomic mass is 10.2. The van der Waals surface area contributed by atoms with E-state index in [1.54, 1.807) is 18.2 Å². The number of aromatic nitrogens is 2. The van der Waals surface area contributed by atoms with E-state index < -0.39 is 0 Å². The molecule has 20 heavy (non-hydrogen) atoms. The number of anilines is 1. The van der Waals surface area contributed by atoms with Gasteiger partial charge < -0.3 is 15.5 Å². The monoisotopic (exact) mass is 269 g/mol. The van der Waals surface area contributed by atoms with E-state index in [0.29, 0.717) is 27.8 Å². The molecule has 3 rings (SSSR count). The number of rotatable bonds is 1. The lowest BCUT2D eigenvalue weighted by molar-refractivity contribution is -0.114. The van der Waals surface area contributed by atoms with Gasteiger partial charge in [-0.3, -0.25) is 4.79 Å². The zero-order valence-electron chi connectivity index (χ0n) is 10.6. The molecule has 1 aromatic heterocycles. The molecule has 6 nitrogen and oxygen atoms in total. The number of carbonyl (C=O) groups is 1. The number of nitrogens with one attached hydrogen (secondary N) is 1. The molecule has 0 radical (unpaired) electrons. The quantitative estimate of drug-likeness (QED) is 0.464. The summed E-state index contributed by atoms with van der Waals surface area (Å²) < 4.78 is 0. The van der Waals surface area contributed by atoms with Crippen LogP contribution in [-0.2, 0) is 4.79 Å². The second-order valence-electron chi connectivity index (χ2n) is 4.44. The largest absolute Gasteiger partial charge is 0.504 e. The van der Waals surface area contributed by atoms with Crippen molar-refractivity contribution in [2.45, 2.75) is 6.92 Å². The molecule has 0 bridgehead atoms. The zero-order chi connectivity index (χ0) is 14.3. The highest BCUT2D eigenvalue weighted by atomic mass is 16.3. The predicted octanol–water partition coefficient (Wildman–Crippen LogP) is 2.15. The first-order valence-electron chi connectivity index (χ1n) is 5.94. The smallest absolute Gasteiger partial charge is 0.221 e. The van der Waals surface area contributed by atoms with Crippen molar-refractivity contribution in [3.63, 3.8) is 0 Å². The van der Waals surface area contributed by atoms with Gasteiger partial charge >= 0.3 is 0 Å². The predicted molar refractivity (Wildman–Crippen MR) is 74.7 cm³/mol. The maximum atomic E-state index is 11.0. The second kappa shape index (κ2) is 4.34. The van der Waals surface area contributed by atoms with Crippen LogP contribution in [-0.4, -0.2) is 26.1 Å². The molecule has 0 spiro atoms. The van der Waals surface area contributed by atoms with Crippen molar-refractivity contribution in [3.05, 3.63) is 30.3 Å². The van der Waals surface area contributed by atoms with E-state index in [9.17, 15) is 15.0 Å². The molecule has 0 aliphatic carbocycles. The molecular weight excluding hydrogens is 258 g/mol. The van der Waals surface area contributed by atoms with Crippen LogP contribution in [0.3, 0.4) is 0 Å². The fraction of sp³-hybridized carbons (Fsp3) is 0.0714. The highest BCUT2D eigenvalue weighted by Crippen LogP contribution is 2.29. The van der Waals surface area contributed by atoms with Crippen LogP contribution >= 0.6 is 0 Å². The van der Waals surface area contributed by atoms with Gasteiger partial charge in [0.2, 0.25) is 5.91 Å². The Balaban J connectivity index is 2.22. The van der Waals surface area contributed by atoms with E-state index in [-0.39, 0.29) is 17.4 Å². The Kier molecular flexibility index (Phi) is 2.64. The number of hydrogen-bond acceptors (Lipinski definition) is 5. The number of benzene rings is 2. The van der Waals surface area contributed by atoms with E-state index in [1.807, 2.05) is 0 Å². The first-order valence-corrected chi connectivity index (χ1v) is 5.94. The van der Waals surface area contributed by atoms with Crippen LogP contribution in [0.25, 0.3) is 22.1 Å². The van der Waals surface area contributed by atoms with Crippen LogP contribution in [0.4, 0.5) is 5.69 Å². The van der Waals surface area contributed by atoms with Crippen molar-refractivity contribution in [2.75, 3.05) is 5.32 Å². The molecule has 2 aromatic carbocycles. The van der Waals surface area contributed by atoms with Gasteiger partial charge in [-0.1, -0.05) is 0 Å². The Labute approximate surface area is 113 Å². The number of hydrogen-bond donors (Lipinski definition) is 3.